The average molecular weight is 332 g/mol. The smallest absolute Gasteiger partial charge is 0.241 e. The second kappa shape index (κ2) is 8.55. The highest BCUT2D eigenvalue weighted by Gasteiger charge is 2.23. The maximum atomic E-state index is 13.6. The summed E-state index contributed by atoms with van der Waals surface area (Å²) >= 11 is 0. The number of carbonyl (C=O) groups is 1. The summed E-state index contributed by atoms with van der Waals surface area (Å²) in [6, 6.07) is 12.8. The SMILES string of the molecule is CCN(C)C(C(=O)NCCc1c(F)cccc1F)c1ccccc1. The van der Waals surface area contributed by atoms with Gasteiger partial charge in [-0.05, 0) is 37.7 Å². The molecule has 24 heavy (non-hydrogen) atoms. The number of rotatable bonds is 7. The third-order valence-corrected chi connectivity index (χ3v) is 4.04. The molecule has 5 heteroatoms. The van der Waals surface area contributed by atoms with Crippen molar-refractivity contribution < 1.29 is 13.6 Å². The van der Waals surface area contributed by atoms with Crippen LogP contribution in [0.3, 0.4) is 0 Å². The van der Waals surface area contributed by atoms with Gasteiger partial charge in [0.2, 0.25) is 5.91 Å². The number of hydrogen-bond acceptors (Lipinski definition) is 2. The van der Waals surface area contributed by atoms with Crippen molar-refractivity contribution in [1.29, 1.82) is 0 Å². The van der Waals surface area contributed by atoms with E-state index in [4.69, 9.17) is 0 Å². The largest absolute Gasteiger partial charge is 0.354 e. The quantitative estimate of drug-likeness (QED) is 0.844. The van der Waals surface area contributed by atoms with Crippen molar-refractivity contribution in [2.75, 3.05) is 20.1 Å². The summed E-state index contributed by atoms with van der Waals surface area (Å²) in [5, 5.41) is 2.79. The van der Waals surface area contributed by atoms with Gasteiger partial charge in [-0.1, -0.05) is 43.3 Å². The number of likely N-dealkylation sites (N-methyl/N-ethyl adjacent to an activating group) is 1. The second-order valence-corrected chi connectivity index (χ2v) is 5.63. The van der Waals surface area contributed by atoms with Crippen LogP contribution in [0.2, 0.25) is 0 Å². The Hall–Kier alpha value is -2.27. The lowest BCUT2D eigenvalue weighted by Gasteiger charge is -2.26. The van der Waals surface area contributed by atoms with Gasteiger partial charge in [-0.3, -0.25) is 9.69 Å². The molecule has 0 aliphatic heterocycles. The fraction of sp³-hybridized carbons (Fsp3) is 0.316. The fourth-order valence-corrected chi connectivity index (χ4v) is 2.60. The van der Waals surface area contributed by atoms with Crippen LogP contribution < -0.4 is 5.32 Å². The maximum absolute atomic E-state index is 13.6. The van der Waals surface area contributed by atoms with Crippen molar-refractivity contribution in [3.8, 4) is 0 Å². The van der Waals surface area contributed by atoms with E-state index in [1.807, 2.05) is 49.2 Å². The summed E-state index contributed by atoms with van der Waals surface area (Å²) in [5.74, 6) is -1.36. The lowest BCUT2D eigenvalue weighted by atomic mass is 10.0. The van der Waals surface area contributed by atoms with Crippen LogP contribution >= 0.6 is 0 Å². The first-order valence-electron chi connectivity index (χ1n) is 8.00. The van der Waals surface area contributed by atoms with Crippen LogP contribution in [-0.2, 0) is 11.2 Å². The minimum atomic E-state index is -0.588. The van der Waals surface area contributed by atoms with Crippen molar-refractivity contribution in [1.82, 2.24) is 10.2 Å². The summed E-state index contributed by atoms with van der Waals surface area (Å²) in [6.07, 6.45) is 0.113. The van der Waals surface area contributed by atoms with Gasteiger partial charge in [0.15, 0.2) is 0 Å². The Kier molecular flexibility index (Phi) is 6.44. The highest BCUT2D eigenvalue weighted by molar-refractivity contribution is 5.83. The molecule has 1 N–H and O–H groups in total. The van der Waals surface area contributed by atoms with Crippen LogP contribution in [0, 0.1) is 11.6 Å². The molecular formula is C19H22F2N2O. The summed E-state index contributed by atoms with van der Waals surface area (Å²) < 4.78 is 27.2. The van der Waals surface area contributed by atoms with Gasteiger partial charge in [-0.25, -0.2) is 8.78 Å². The number of halogens is 2. The Morgan fingerprint density at radius 2 is 1.71 bits per heavy atom. The molecule has 0 saturated carbocycles. The molecule has 0 heterocycles. The predicted molar refractivity (Wildman–Crippen MR) is 90.6 cm³/mol. The van der Waals surface area contributed by atoms with E-state index >= 15 is 0 Å². The highest BCUT2D eigenvalue weighted by Crippen LogP contribution is 2.19. The van der Waals surface area contributed by atoms with Gasteiger partial charge in [0.1, 0.15) is 17.7 Å². The number of nitrogens with one attached hydrogen (secondary N) is 1. The first kappa shape index (κ1) is 18.1. The molecule has 2 rings (SSSR count). The zero-order valence-electron chi connectivity index (χ0n) is 13.9. The van der Waals surface area contributed by atoms with Crippen molar-refractivity contribution in [2.45, 2.75) is 19.4 Å². The Morgan fingerprint density at radius 1 is 1.08 bits per heavy atom. The molecule has 3 nitrogen and oxygen atoms in total. The normalized spacial score (nSPS) is 12.2. The Labute approximate surface area is 141 Å². The van der Waals surface area contributed by atoms with Gasteiger partial charge in [-0.2, -0.15) is 0 Å². The molecule has 2 aromatic carbocycles. The van der Waals surface area contributed by atoms with Gasteiger partial charge in [0.05, 0.1) is 0 Å². The number of benzene rings is 2. The zero-order chi connectivity index (χ0) is 17.5. The Bertz CT molecular complexity index is 656. The summed E-state index contributed by atoms with van der Waals surface area (Å²) in [5.41, 5.74) is 0.884. The second-order valence-electron chi connectivity index (χ2n) is 5.63. The summed E-state index contributed by atoms with van der Waals surface area (Å²) in [7, 11) is 1.87. The monoisotopic (exact) mass is 332 g/mol. The first-order valence-corrected chi connectivity index (χ1v) is 8.00. The number of hydrogen-bond donors (Lipinski definition) is 1. The van der Waals surface area contributed by atoms with E-state index in [9.17, 15) is 13.6 Å². The predicted octanol–water partition coefficient (Wildman–Crippen LogP) is 3.32. The molecule has 0 bridgehead atoms. The van der Waals surface area contributed by atoms with Crippen molar-refractivity contribution in [2.24, 2.45) is 0 Å². The molecule has 1 unspecified atom stereocenters. The van der Waals surface area contributed by atoms with Gasteiger partial charge >= 0.3 is 0 Å². The number of nitrogens with zero attached hydrogens (tertiary/aromatic N) is 1. The molecule has 0 spiro atoms. The minimum absolute atomic E-state index is 0.00194. The van der Waals surface area contributed by atoms with Crippen LogP contribution in [0.5, 0.6) is 0 Å². The molecule has 0 saturated heterocycles. The third-order valence-electron chi connectivity index (χ3n) is 4.04. The van der Waals surface area contributed by atoms with Crippen molar-refractivity contribution in [3.05, 3.63) is 71.3 Å². The van der Waals surface area contributed by atoms with Crippen LogP contribution in [0.4, 0.5) is 8.78 Å². The van der Waals surface area contributed by atoms with Crippen LogP contribution in [0.1, 0.15) is 24.1 Å². The molecular weight excluding hydrogens is 310 g/mol. The molecule has 0 aromatic heterocycles. The summed E-state index contributed by atoms with van der Waals surface area (Å²) in [4.78, 5) is 14.5. The number of amides is 1. The van der Waals surface area contributed by atoms with Crippen LogP contribution in [0.15, 0.2) is 48.5 Å². The summed E-state index contributed by atoms with van der Waals surface area (Å²) in [6.45, 7) is 2.85. The molecule has 1 atom stereocenters. The van der Waals surface area contributed by atoms with Crippen molar-refractivity contribution >= 4 is 5.91 Å². The molecule has 0 aliphatic carbocycles. The van der Waals surface area contributed by atoms with Gasteiger partial charge < -0.3 is 5.32 Å². The minimum Gasteiger partial charge on any atom is -0.354 e. The third kappa shape index (κ3) is 4.38. The van der Waals surface area contributed by atoms with Gasteiger partial charge in [-0.15, -0.1) is 0 Å². The van der Waals surface area contributed by atoms with Gasteiger partial charge in [0.25, 0.3) is 0 Å². The van der Waals surface area contributed by atoms with E-state index in [0.29, 0.717) is 6.54 Å². The molecule has 2 aromatic rings. The number of carbonyl (C=O) groups excluding carboxylic acids is 1. The highest BCUT2D eigenvalue weighted by atomic mass is 19.1. The standard InChI is InChI=1S/C19H22F2N2O/c1-3-23(2)18(14-8-5-4-6-9-14)19(24)22-13-12-15-16(20)10-7-11-17(15)21/h4-11,18H,3,12-13H2,1-2H3,(H,22,24). The zero-order valence-corrected chi connectivity index (χ0v) is 13.9. The van der Waals surface area contributed by atoms with E-state index < -0.39 is 17.7 Å². The molecule has 1 amide bonds. The van der Waals surface area contributed by atoms with Gasteiger partial charge in [0, 0.05) is 12.1 Å². The van der Waals surface area contributed by atoms with E-state index in [1.165, 1.54) is 18.2 Å². The Balaban J connectivity index is 2.03. The fourth-order valence-electron chi connectivity index (χ4n) is 2.60. The molecule has 128 valence electrons. The van der Waals surface area contributed by atoms with Crippen LogP contribution in [0.25, 0.3) is 0 Å². The first-order chi connectivity index (χ1) is 11.5. The lowest BCUT2D eigenvalue weighted by molar-refractivity contribution is -0.126. The van der Waals surface area contributed by atoms with Crippen molar-refractivity contribution in [3.63, 3.8) is 0 Å². The van der Waals surface area contributed by atoms with Crippen LogP contribution in [-0.4, -0.2) is 30.9 Å². The van der Waals surface area contributed by atoms with E-state index in [-0.39, 0.29) is 24.4 Å². The Morgan fingerprint density at radius 3 is 2.29 bits per heavy atom. The lowest BCUT2D eigenvalue weighted by Crippen LogP contribution is -2.39. The van der Waals surface area contributed by atoms with E-state index in [0.717, 1.165) is 5.56 Å². The van der Waals surface area contributed by atoms with E-state index in [1.54, 1.807) is 0 Å². The average Bonchev–Trinajstić information content (AvgIpc) is 2.58. The molecule has 0 aliphatic rings. The van der Waals surface area contributed by atoms with E-state index in [2.05, 4.69) is 5.32 Å². The molecule has 0 radical (unpaired) electrons. The molecule has 0 fully saturated rings. The topological polar surface area (TPSA) is 32.3 Å². The maximum Gasteiger partial charge on any atom is 0.241 e.